The molecule has 1 N–H and O–H groups in total. The van der Waals surface area contributed by atoms with Gasteiger partial charge in [0.1, 0.15) is 0 Å². The van der Waals surface area contributed by atoms with Gasteiger partial charge < -0.3 is 5.32 Å². The van der Waals surface area contributed by atoms with E-state index >= 15 is 0 Å². The molecule has 6 heteroatoms. The quantitative estimate of drug-likeness (QED) is 0.834. The number of nitrogens with one attached hydrogen (secondary N) is 1. The molecule has 110 valence electrons. The van der Waals surface area contributed by atoms with Gasteiger partial charge in [0.15, 0.2) is 0 Å². The third kappa shape index (κ3) is 3.75. The third-order valence-corrected chi connectivity index (χ3v) is 4.17. The second-order valence-electron chi connectivity index (χ2n) is 5.00. The summed E-state index contributed by atoms with van der Waals surface area (Å²) in [5.74, 6) is -0.435. The molecule has 0 aromatic heterocycles. The number of amides is 1. The average molecular weight is 350 g/mol. The highest BCUT2D eigenvalue weighted by atomic mass is 79.9. The lowest BCUT2D eigenvalue weighted by Crippen LogP contribution is -2.36. The van der Waals surface area contributed by atoms with Crippen molar-refractivity contribution in [3.05, 3.63) is 33.8 Å². The minimum absolute atomic E-state index is 0.0473. The van der Waals surface area contributed by atoms with Gasteiger partial charge in [-0.05, 0) is 31.0 Å². The molecule has 0 bridgehead atoms. The molecule has 0 aliphatic heterocycles. The number of hydrogen-bond donors (Lipinski definition) is 1. The van der Waals surface area contributed by atoms with E-state index in [-0.39, 0.29) is 16.1 Å². The fourth-order valence-corrected chi connectivity index (χ4v) is 2.87. The molecule has 1 fully saturated rings. The van der Waals surface area contributed by atoms with Crippen molar-refractivity contribution < 1.29 is 18.0 Å². The molecule has 1 amide bonds. The van der Waals surface area contributed by atoms with Gasteiger partial charge in [-0.1, -0.05) is 35.2 Å². The van der Waals surface area contributed by atoms with Crippen LogP contribution in [-0.4, -0.2) is 11.9 Å². The first kappa shape index (κ1) is 15.4. The van der Waals surface area contributed by atoms with Crippen molar-refractivity contribution in [1.82, 2.24) is 5.32 Å². The van der Waals surface area contributed by atoms with E-state index in [2.05, 4.69) is 21.2 Å². The Labute approximate surface area is 123 Å². The van der Waals surface area contributed by atoms with E-state index < -0.39 is 17.6 Å². The summed E-state index contributed by atoms with van der Waals surface area (Å²) in [4.78, 5) is 12.0. The minimum atomic E-state index is -4.47. The topological polar surface area (TPSA) is 29.1 Å². The van der Waals surface area contributed by atoms with Crippen LogP contribution >= 0.6 is 15.9 Å². The highest BCUT2D eigenvalue weighted by molar-refractivity contribution is 9.10. The number of carbonyl (C=O) groups is 1. The Bertz CT molecular complexity index is 496. The predicted molar refractivity (Wildman–Crippen MR) is 73.5 cm³/mol. The Morgan fingerprint density at radius 3 is 2.45 bits per heavy atom. The molecule has 0 spiro atoms. The number of halogens is 4. The van der Waals surface area contributed by atoms with Crippen LogP contribution in [-0.2, 0) is 6.18 Å². The monoisotopic (exact) mass is 349 g/mol. The Kier molecular flexibility index (Phi) is 4.73. The van der Waals surface area contributed by atoms with Crippen molar-refractivity contribution >= 4 is 21.8 Å². The zero-order valence-electron chi connectivity index (χ0n) is 10.8. The molecule has 0 radical (unpaired) electrons. The highest BCUT2D eigenvalue weighted by Gasteiger charge is 2.33. The fourth-order valence-electron chi connectivity index (χ4n) is 2.40. The summed E-state index contributed by atoms with van der Waals surface area (Å²) >= 11 is 2.86. The Balaban J connectivity index is 2.13. The van der Waals surface area contributed by atoms with Crippen molar-refractivity contribution in [2.24, 2.45) is 0 Å². The molecule has 20 heavy (non-hydrogen) atoms. The zero-order valence-corrected chi connectivity index (χ0v) is 12.4. The lowest BCUT2D eigenvalue weighted by Gasteiger charge is -2.23. The van der Waals surface area contributed by atoms with Gasteiger partial charge in [-0.15, -0.1) is 0 Å². The fraction of sp³-hybridized carbons (Fsp3) is 0.500. The maximum Gasteiger partial charge on any atom is 0.417 e. The number of carbonyl (C=O) groups excluding carboxylic acids is 1. The van der Waals surface area contributed by atoms with Crippen LogP contribution in [0.5, 0.6) is 0 Å². The Morgan fingerprint density at radius 2 is 1.85 bits per heavy atom. The van der Waals surface area contributed by atoms with Gasteiger partial charge in [-0.3, -0.25) is 4.79 Å². The summed E-state index contributed by atoms with van der Waals surface area (Å²) in [5.41, 5.74) is -0.778. The zero-order chi connectivity index (χ0) is 14.8. The van der Waals surface area contributed by atoms with Gasteiger partial charge in [-0.2, -0.15) is 13.2 Å². The average Bonchev–Trinajstić information content (AvgIpc) is 2.39. The molecule has 1 aliphatic rings. The molecule has 1 aromatic carbocycles. The maximum atomic E-state index is 12.8. The largest absolute Gasteiger partial charge is 0.417 e. The normalized spacial score (nSPS) is 17.0. The second kappa shape index (κ2) is 6.16. The van der Waals surface area contributed by atoms with Gasteiger partial charge in [0, 0.05) is 16.1 Å². The van der Waals surface area contributed by atoms with E-state index in [1.165, 1.54) is 12.1 Å². The van der Waals surface area contributed by atoms with Crippen LogP contribution in [0, 0.1) is 0 Å². The van der Waals surface area contributed by atoms with Gasteiger partial charge in [0.05, 0.1) is 5.56 Å². The molecule has 0 atom stereocenters. The smallest absolute Gasteiger partial charge is 0.349 e. The molecule has 1 saturated carbocycles. The molecule has 0 saturated heterocycles. The predicted octanol–water partition coefficient (Wildman–Crippen LogP) is 4.53. The van der Waals surface area contributed by atoms with Crippen LogP contribution in [0.25, 0.3) is 0 Å². The SMILES string of the molecule is O=C(NC1CCCCC1)c1ccc(Br)c(C(F)(F)F)c1. The highest BCUT2D eigenvalue weighted by Crippen LogP contribution is 2.35. The van der Waals surface area contributed by atoms with E-state index in [1.54, 1.807) is 0 Å². The molecule has 1 aromatic rings. The van der Waals surface area contributed by atoms with Crippen LogP contribution in [0.1, 0.15) is 48.0 Å². The third-order valence-electron chi connectivity index (χ3n) is 3.47. The lowest BCUT2D eigenvalue weighted by molar-refractivity contribution is -0.138. The number of hydrogen-bond acceptors (Lipinski definition) is 1. The molecule has 2 rings (SSSR count). The molecule has 0 unspecified atom stereocenters. The summed E-state index contributed by atoms with van der Waals surface area (Å²) in [7, 11) is 0. The van der Waals surface area contributed by atoms with Crippen molar-refractivity contribution in [2.45, 2.75) is 44.3 Å². The van der Waals surface area contributed by atoms with Gasteiger partial charge in [0.2, 0.25) is 0 Å². The maximum absolute atomic E-state index is 12.8. The number of alkyl halides is 3. The Hall–Kier alpha value is -1.04. The van der Waals surface area contributed by atoms with E-state index in [0.717, 1.165) is 38.2 Å². The molecule has 0 heterocycles. The van der Waals surface area contributed by atoms with Crippen LogP contribution in [0.4, 0.5) is 13.2 Å². The van der Waals surface area contributed by atoms with Crippen LogP contribution < -0.4 is 5.32 Å². The van der Waals surface area contributed by atoms with E-state index in [0.29, 0.717) is 0 Å². The number of benzene rings is 1. The first-order valence-electron chi connectivity index (χ1n) is 6.55. The first-order valence-corrected chi connectivity index (χ1v) is 7.35. The summed E-state index contributed by atoms with van der Waals surface area (Å²) in [6.45, 7) is 0. The molecule has 1 aliphatic carbocycles. The summed E-state index contributed by atoms with van der Waals surface area (Å²) in [6, 6.07) is 3.63. The summed E-state index contributed by atoms with van der Waals surface area (Å²) in [5, 5.41) is 2.81. The summed E-state index contributed by atoms with van der Waals surface area (Å²) in [6.07, 6.45) is 0.587. The van der Waals surface area contributed by atoms with Crippen LogP contribution in [0.2, 0.25) is 0 Å². The van der Waals surface area contributed by atoms with E-state index in [9.17, 15) is 18.0 Å². The van der Waals surface area contributed by atoms with Gasteiger partial charge in [-0.25, -0.2) is 0 Å². The van der Waals surface area contributed by atoms with E-state index in [1.807, 2.05) is 0 Å². The first-order chi connectivity index (χ1) is 9.38. The van der Waals surface area contributed by atoms with Crippen LogP contribution in [0.15, 0.2) is 22.7 Å². The van der Waals surface area contributed by atoms with Crippen LogP contribution in [0.3, 0.4) is 0 Å². The second-order valence-corrected chi connectivity index (χ2v) is 5.86. The Morgan fingerprint density at radius 1 is 1.20 bits per heavy atom. The van der Waals surface area contributed by atoms with Crippen molar-refractivity contribution in [3.63, 3.8) is 0 Å². The molecular formula is C14H15BrF3NO. The van der Waals surface area contributed by atoms with Crippen molar-refractivity contribution in [1.29, 1.82) is 0 Å². The standard InChI is InChI=1S/C14H15BrF3NO/c15-12-7-6-9(8-11(12)14(16,17)18)13(20)19-10-4-2-1-3-5-10/h6-8,10H,1-5H2,(H,19,20). The van der Waals surface area contributed by atoms with E-state index in [4.69, 9.17) is 0 Å². The van der Waals surface area contributed by atoms with Crippen molar-refractivity contribution in [2.75, 3.05) is 0 Å². The minimum Gasteiger partial charge on any atom is -0.349 e. The molecule has 2 nitrogen and oxygen atoms in total. The van der Waals surface area contributed by atoms with Gasteiger partial charge in [0.25, 0.3) is 5.91 Å². The lowest BCUT2D eigenvalue weighted by atomic mass is 9.95. The van der Waals surface area contributed by atoms with Crippen molar-refractivity contribution in [3.8, 4) is 0 Å². The van der Waals surface area contributed by atoms with Gasteiger partial charge >= 0.3 is 6.18 Å². The molecular weight excluding hydrogens is 335 g/mol. The number of rotatable bonds is 2. The summed E-state index contributed by atoms with van der Waals surface area (Å²) < 4.78 is 38.3.